The first-order valence-electron chi connectivity index (χ1n) is 10.2. The van der Waals surface area contributed by atoms with Crippen LogP contribution in [0.25, 0.3) is 0 Å². The quantitative estimate of drug-likeness (QED) is 0.366. The minimum absolute atomic E-state index is 0.0860. The van der Waals surface area contributed by atoms with Crippen molar-refractivity contribution in [3.63, 3.8) is 0 Å². The van der Waals surface area contributed by atoms with E-state index in [0.717, 1.165) is 29.2 Å². The summed E-state index contributed by atoms with van der Waals surface area (Å²) in [6, 6.07) is 14.1. The molecule has 1 atom stereocenters. The number of amides is 1. The van der Waals surface area contributed by atoms with E-state index in [4.69, 9.17) is 4.74 Å². The Morgan fingerprint density at radius 1 is 0.914 bits per heavy atom. The Kier molecular flexibility index (Phi) is 6.21. The van der Waals surface area contributed by atoms with Crippen molar-refractivity contribution in [2.45, 2.75) is 12.4 Å². The number of ketones is 1. The van der Waals surface area contributed by atoms with Gasteiger partial charge in [-0.1, -0.05) is 12.1 Å². The van der Waals surface area contributed by atoms with Gasteiger partial charge >= 0.3 is 6.36 Å². The van der Waals surface area contributed by atoms with E-state index in [2.05, 4.69) is 4.74 Å². The Hall–Kier alpha value is -4.34. The van der Waals surface area contributed by atoms with E-state index in [-0.39, 0.29) is 16.8 Å². The molecule has 1 aliphatic rings. The zero-order chi connectivity index (χ0) is 25.3. The zero-order valence-electron chi connectivity index (χ0n) is 18.0. The third-order valence-electron chi connectivity index (χ3n) is 5.34. The van der Waals surface area contributed by atoms with Gasteiger partial charge in [-0.3, -0.25) is 14.5 Å². The summed E-state index contributed by atoms with van der Waals surface area (Å²) in [4.78, 5) is 27.5. The monoisotopic (exact) mass is 487 g/mol. The molecule has 3 aromatic carbocycles. The number of anilines is 1. The lowest BCUT2D eigenvalue weighted by molar-refractivity contribution is -0.274. The number of Topliss-reactive ketones (excluding diaryl/α,β-unsaturated/α-hetero) is 1. The van der Waals surface area contributed by atoms with Gasteiger partial charge in [0.05, 0.1) is 18.7 Å². The van der Waals surface area contributed by atoms with Gasteiger partial charge in [0.1, 0.15) is 17.3 Å². The first-order chi connectivity index (χ1) is 16.6. The number of carbonyl (C=O) groups is 2. The highest BCUT2D eigenvalue weighted by atomic mass is 19.4. The fourth-order valence-electron chi connectivity index (χ4n) is 3.77. The predicted octanol–water partition coefficient (Wildman–Crippen LogP) is 5.52. The van der Waals surface area contributed by atoms with Gasteiger partial charge in [0.15, 0.2) is 11.5 Å². The number of ether oxygens (including phenoxy) is 2. The lowest BCUT2D eigenvalue weighted by Crippen LogP contribution is -2.31. The first-order valence-corrected chi connectivity index (χ1v) is 10.2. The van der Waals surface area contributed by atoms with Crippen molar-refractivity contribution in [1.29, 1.82) is 0 Å². The van der Waals surface area contributed by atoms with Gasteiger partial charge in [-0.15, -0.1) is 13.2 Å². The molecular formula is C25H17F4NO5. The Labute approximate surface area is 196 Å². The number of halogens is 4. The lowest BCUT2D eigenvalue weighted by atomic mass is 9.92. The molecule has 6 nitrogen and oxygen atoms in total. The zero-order valence-corrected chi connectivity index (χ0v) is 18.0. The molecule has 0 aliphatic carbocycles. The SMILES string of the molecule is COc1ccc(C(=O)C2=C(O)C(=O)N(c3ccc(OC(F)(F)F)cc3)C2c2ccc(F)cc2)cc1. The smallest absolute Gasteiger partial charge is 0.503 e. The van der Waals surface area contributed by atoms with E-state index in [0.29, 0.717) is 11.3 Å². The second kappa shape index (κ2) is 9.13. The molecule has 0 spiro atoms. The van der Waals surface area contributed by atoms with Crippen LogP contribution in [0.1, 0.15) is 22.0 Å². The van der Waals surface area contributed by atoms with Crippen molar-refractivity contribution in [3.05, 3.63) is 101 Å². The second-order valence-corrected chi connectivity index (χ2v) is 7.49. The van der Waals surface area contributed by atoms with Crippen LogP contribution < -0.4 is 14.4 Å². The van der Waals surface area contributed by atoms with Crippen molar-refractivity contribution in [2.75, 3.05) is 12.0 Å². The number of methoxy groups -OCH3 is 1. The molecule has 0 saturated heterocycles. The van der Waals surface area contributed by atoms with E-state index in [9.17, 15) is 32.3 Å². The van der Waals surface area contributed by atoms with Gasteiger partial charge in [0.25, 0.3) is 5.91 Å². The average Bonchev–Trinajstić information content (AvgIpc) is 3.09. The van der Waals surface area contributed by atoms with Crippen LogP contribution in [-0.4, -0.2) is 30.3 Å². The fourth-order valence-corrected chi connectivity index (χ4v) is 3.77. The minimum atomic E-state index is -4.90. The summed E-state index contributed by atoms with van der Waals surface area (Å²) in [6.07, 6.45) is -4.90. The maximum atomic E-state index is 13.6. The third-order valence-corrected chi connectivity index (χ3v) is 5.34. The van der Waals surface area contributed by atoms with Crippen LogP contribution in [0.5, 0.6) is 11.5 Å². The molecular weight excluding hydrogens is 470 g/mol. The summed E-state index contributed by atoms with van der Waals surface area (Å²) in [7, 11) is 1.45. The maximum Gasteiger partial charge on any atom is 0.573 e. The summed E-state index contributed by atoms with van der Waals surface area (Å²) in [5, 5.41) is 10.7. The van der Waals surface area contributed by atoms with Crippen molar-refractivity contribution >= 4 is 17.4 Å². The van der Waals surface area contributed by atoms with Gasteiger partial charge < -0.3 is 14.6 Å². The summed E-state index contributed by atoms with van der Waals surface area (Å²) >= 11 is 0. The van der Waals surface area contributed by atoms with Crippen LogP contribution in [0.4, 0.5) is 23.2 Å². The lowest BCUT2D eigenvalue weighted by Gasteiger charge is -2.27. The average molecular weight is 487 g/mol. The van der Waals surface area contributed by atoms with Crippen molar-refractivity contribution < 1.29 is 41.7 Å². The number of aliphatic hydroxyl groups is 1. The molecule has 1 heterocycles. The van der Waals surface area contributed by atoms with Crippen LogP contribution in [0.3, 0.4) is 0 Å². The predicted molar refractivity (Wildman–Crippen MR) is 117 cm³/mol. The molecule has 0 fully saturated rings. The molecule has 3 aromatic rings. The summed E-state index contributed by atoms with van der Waals surface area (Å²) in [5.74, 6) is -3.02. The van der Waals surface area contributed by atoms with Crippen LogP contribution in [-0.2, 0) is 4.79 Å². The largest absolute Gasteiger partial charge is 0.573 e. The number of carbonyl (C=O) groups excluding carboxylic acids is 2. The van der Waals surface area contributed by atoms with E-state index in [1.807, 2.05) is 0 Å². The van der Waals surface area contributed by atoms with Crippen LogP contribution in [0.15, 0.2) is 84.1 Å². The number of hydrogen-bond acceptors (Lipinski definition) is 5. The Morgan fingerprint density at radius 2 is 1.49 bits per heavy atom. The maximum absolute atomic E-state index is 13.6. The van der Waals surface area contributed by atoms with Crippen molar-refractivity contribution in [3.8, 4) is 11.5 Å². The fraction of sp³-hybridized carbons (Fsp3) is 0.120. The Balaban J connectivity index is 1.78. The number of nitrogens with zero attached hydrogens (tertiary/aromatic N) is 1. The highest BCUT2D eigenvalue weighted by Gasteiger charge is 2.44. The summed E-state index contributed by atoms with van der Waals surface area (Å²) < 4.78 is 60.1. The third kappa shape index (κ3) is 4.81. The molecule has 180 valence electrons. The van der Waals surface area contributed by atoms with Gasteiger partial charge in [-0.05, 0) is 66.2 Å². The molecule has 4 rings (SSSR count). The highest BCUT2D eigenvalue weighted by Crippen LogP contribution is 2.42. The molecule has 0 bridgehead atoms. The standard InChI is InChI=1S/C25H17F4NO5/c1-34-18-10-4-15(5-11-18)22(31)20-21(14-2-6-16(26)7-3-14)30(24(33)23(20)32)17-8-12-19(13-9-17)35-25(27,28)29/h2-13,21,32H,1H3. The number of alkyl halides is 3. The van der Waals surface area contributed by atoms with E-state index in [1.165, 1.54) is 55.6 Å². The summed E-state index contributed by atoms with van der Waals surface area (Å²) in [6.45, 7) is 0. The van der Waals surface area contributed by atoms with E-state index >= 15 is 0 Å². The van der Waals surface area contributed by atoms with Gasteiger partial charge in [0, 0.05) is 11.3 Å². The van der Waals surface area contributed by atoms with E-state index < -0.39 is 41.4 Å². The van der Waals surface area contributed by atoms with Crippen LogP contribution >= 0.6 is 0 Å². The molecule has 35 heavy (non-hydrogen) atoms. The van der Waals surface area contributed by atoms with Crippen molar-refractivity contribution in [2.24, 2.45) is 0 Å². The van der Waals surface area contributed by atoms with Gasteiger partial charge in [-0.2, -0.15) is 0 Å². The highest BCUT2D eigenvalue weighted by molar-refractivity contribution is 6.20. The molecule has 0 radical (unpaired) electrons. The molecule has 10 heteroatoms. The summed E-state index contributed by atoms with van der Waals surface area (Å²) in [5.41, 5.74) is 0.282. The molecule has 0 aromatic heterocycles. The molecule has 1 amide bonds. The number of rotatable bonds is 6. The normalized spacial score (nSPS) is 16.0. The topological polar surface area (TPSA) is 76.1 Å². The number of hydrogen-bond donors (Lipinski definition) is 1. The van der Waals surface area contributed by atoms with Crippen LogP contribution in [0.2, 0.25) is 0 Å². The number of benzene rings is 3. The first kappa shape index (κ1) is 23.8. The minimum Gasteiger partial charge on any atom is -0.503 e. The Morgan fingerprint density at radius 3 is 2.03 bits per heavy atom. The van der Waals surface area contributed by atoms with Gasteiger partial charge in [-0.25, -0.2) is 4.39 Å². The van der Waals surface area contributed by atoms with Crippen molar-refractivity contribution in [1.82, 2.24) is 0 Å². The molecule has 1 N–H and O–H groups in total. The van der Waals surface area contributed by atoms with Gasteiger partial charge in [0.2, 0.25) is 0 Å². The van der Waals surface area contributed by atoms with E-state index in [1.54, 1.807) is 0 Å². The molecule has 1 unspecified atom stereocenters. The Bertz CT molecular complexity index is 1280. The number of aliphatic hydroxyl groups excluding tert-OH is 1. The molecule has 0 saturated carbocycles. The van der Waals surface area contributed by atoms with Crippen LogP contribution in [0, 0.1) is 5.82 Å². The second-order valence-electron chi connectivity index (χ2n) is 7.49. The molecule has 1 aliphatic heterocycles.